The minimum Gasteiger partial charge on any atom is -0.504 e. The summed E-state index contributed by atoms with van der Waals surface area (Å²) < 4.78 is 0. The summed E-state index contributed by atoms with van der Waals surface area (Å²) in [6, 6.07) is 0. The molecular formula is C8H11NO7. The van der Waals surface area contributed by atoms with Gasteiger partial charge in [-0.1, -0.05) is 0 Å². The van der Waals surface area contributed by atoms with Crippen LogP contribution in [0.1, 0.15) is 5.56 Å². The molecule has 0 saturated carbocycles. The average Bonchev–Trinajstić information content (AvgIpc) is 2.17. The van der Waals surface area contributed by atoms with E-state index in [9.17, 15) is 10.2 Å². The highest BCUT2D eigenvalue weighted by Gasteiger charge is 2.28. The first-order valence-corrected chi connectivity index (χ1v) is 4.06. The van der Waals surface area contributed by atoms with E-state index in [0.717, 1.165) is 0 Å². The molecule has 0 aliphatic rings. The first-order valence-electron chi connectivity index (χ1n) is 4.06. The van der Waals surface area contributed by atoms with Gasteiger partial charge in [-0.15, -0.1) is 0 Å². The van der Waals surface area contributed by atoms with E-state index in [-0.39, 0.29) is 0 Å². The first-order chi connectivity index (χ1) is 7.15. The predicted molar refractivity (Wildman–Crippen MR) is 49.8 cm³/mol. The molecule has 90 valence electrons. The van der Waals surface area contributed by atoms with Crippen LogP contribution in [0.5, 0.6) is 28.7 Å². The molecule has 0 bridgehead atoms. The van der Waals surface area contributed by atoms with Gasteiger partial charge in [0.05, 0.1) is 5.56 Å². The van der Waals surface area contributed by atoms with Gasteiger partial charge in [0.1, 0.15) is 0 Å². The molecule has 8 nitrogen and oxygen atoms in total. The molecule has 0 amide bonds. The second-order valence-corrected chi connectivity index (χ2v) is 3.28. The lowest BCUT2D eigenvalue weighted by Gasteiger charge is -2.18. The van der Waals surface area contributed by atoms with Crippen molar-refractivity contribution in [1.82, 2.24) is 0 Å². The molecule has 0 fully saturated rings. The summed E-state index contributed by atoms with van der Waals surface area (Å²) in [5, 5.41) is 63.5. The summed E-state index contributed by atoms with van der Waals surface area (Å²) in [6.07, 6.45) is -0.869. The SMILES string of the molecule is NC(O)(O)Cc1c(O)c(O)c(O)c(O)c1O. The molecule has 0 atom stereocenters. The normalized spacial score (nSPS) is 11.7. The maximum Gasteiger partial charge on any atom is 0.224 e. The van der Waals surface area contributed by atoms with E-state index in [4.69, 9.17) is 31.3 Å². The number of nitrogens with two attached hydrogens (primary N) is 1. The fraction of sp³-hybridized carbons (Fsp3) is 0.250. The lowest BCUT2D eigenvalue weighted by Crippen LogP contribution is -2.41. The minimum atomic E-state index is -2.76. The molecule has 0 unspecified atom stereocenters. The minimum absolute atomic E-state index is 0.611. The van der Waals surface area contributed by atoms with E-state index in [1.54, 1.807) is 0 Å². The zero-order valence-corrected chi connectivity index (χ0v) is 7.91. The van der Waals surface area contributed by atoms with Crippen LogP contribution in [-0.4, -0.2) is 41.7 Å². The van der Waals surface area contributed by atoms with Crippen molar-refractivity contribution in [3.05, 3.63) is 5.56 Å². The Morgan fingerprint density at radius 2 is 1.06 bits per heavy atom. The highest BCUT2D eigenvalue weighted by molar-refractivity contribution is 5.67. The molecule has 1 rings (SSSR count). The topological polar surface area (TPSA) is 168 Å². The summed E-state index contributed by atoms with van der Waals surface area (Å²) in [6.45, 7) is 0. The van der Waals surface area contributed by atoms with Gasteiger partial charge in [0.2, 0.25) is 23.2 Å². The summed E-state index contributed by atoms with van der Waals surface area (Å²) in [7, 11) is 0. The largest absolute Gasteiger partial charge is 0.504 e. The molecule has 1 aromatic rings. The predicted octanol–water partition coefficient (Wildman–Crippen LogP) is -1.65. The van der Waals surface area contributed by atoms with Gasteiger partial charge in [-0.25, -0.2) is 0 Å². The van der Waals surface area contributed by atoms with E-state index in [1.807, 2.05) is 0 Å². The monoisotopic (exact) mass is 233 g/mol. The highest BCUT2D eigenvalue weighted by atomic mass is 16.5. The summed E-state index contributed by atoms with van der Waals surface area (Å²) >= 11 is 0. The van der Waals surface area contributed by atoms with Gasteiger partial charge >= 0.3 is 0 Å². The molecule has 0 aliphatic carbocycles. The van der Waals surface area contributed by atoms with E-state index >= 15 is 0 Å². The van der Waals surface area contributed by atoms with Gasteiger partial charge in [0, 0.05) is 6.42 Å². The number of hydrogen-bond acceptors (Lipinski definition) is 8. The molecule has 9 N–H and O–H groups in total. The molecule has 0 heterocycles. The third-order valence-electron chi connectivity index (χ3n) is 1.91. The van der Waals surface area contributed by atoms with Crippen LogP contribution in [0.2, 0.25) is 0 Å². The summed E-state index contributed by atoms with van der Waals surface area (Å²) in [5.41, 5.74) is 4.20. The lowest BCUT2D eigenvalue weighted by atomic mass is 10.1. The Kier molecular flexibility index (Phi) is 2.73. The smallest absolute Gasteiger partial charge is 0.224 e. The van der Waals surface area contributed by atoms with Crippen LogP contribution < -0.4 is 5.73 Å². The second kappa shape index (κ2) is 3.59. The summed E-state index contributed by atoms with van der Waals surface area (Å²) in [4.78, 5) is 0. The van der Waals surface area contributed by atoms with E-state index in [2.05, 4.69) is 0 Å². The third-order valence-corrected chi connectivity index (χ3v) is 1.91. The number of rotatable bonds is 2. The zero-order valence-electron chi connectivity index (χ0n) is 7.91. The van der Waals surface area contributed by atoms with Crippen molar-refractivity contribution in [2.24, 2.45) is 5.73 Å². The number of hydrogen-bond donors (Lipinski definition) is 8. The van der Waals surface area contributed by atoms with Crippen molar-refractivity contribution in [3.8, 4) is 28.7 Å². The molecule has 0 radical (unpaired) electrons. The Hall–Kier alpha value is -1.90. The van der Waals surface area contributed by atoms with Crippen LogP contribution in [-0.2, 0) is 6.42 Å². The van der Waals surface area contributed by atoms with Gasteiger partial charge in [-0.2, -0.15) is 0 Å². The third kappa shape index (κ3) is 2.03. The zero-order chi connectivity index (χ0) is 12.7. The number of aromatic hydroxyl groups is 5. The first kappa shape index (κ1) is 12.2. The van der Waals surface area contributed by atoms with Crippen LogP contribution in [0.25, 0.3) is 0 Å². The van der Waals surface area contributed by atoms with Gasteiger partial charge in [-0.05, 0) is 0 Å². The van der Waals surface area contributed by atoms with Gasteiger partial charge < -0.3 is 35.7 Å². The fourth-order valence-electron chi connectivity index (χ4n) is 1.16. The average molecular weight is 233 g/mol. The van der Waals surface area contributed by atoms with E-state index in [1.165, 1.54) is 0 Å². The Morgan fingerprint density at radius 3 is 1.38 bits per heavy atom. The van der Waals surface area contributed by atoms with Gasteiger partial charge in [0.15, 0.2) is 11.5 Å². The Labute approximate surface area is 89.1 Å². The van der Waals surface area contributed by atoms with Gasteiger partial charge in [-0.3, -0.25) is 5.73 Å². The van der Waals surface area contributed by atoms with Crippen molar-refractivity contribution in [2.45, 2.75) is 12.3 Å². The Bertz CT molecular complexity index is 394. The van der Waals surface area contributed by atoms with Crippen molar-refractivity contribution in [3.63, 3.8) is 0 Å². The molecule has 0 spiro atoms. The number of phenols is 5. The van der Waals surface area contributed by atoms with Crippen LogP contribution in [0.15, 0.2) is 0 Å². The van der Waals surface area contributed by atoms with Crippen LogP contribution in [0, 0.1) is 0 Å². The molecule has 8 heteroatoms. The van der Waals surface area contributed by atoms with Crippen molar-refractivity contribution < 1.29 is 35.7 Å². The molecule has 0 aliphatic heterocycles. The molecule has 1 aromatic carbocycles. The molecule has 0 saturated heterocycles. The second-order valence-electron chi connectivity index (χ2n) is 3.28. The Morgan fingerprint density at radius 1 is 0.750 bits per heavy atom. The Balaban J connectivity index is 3.40. The van der Waals surface area contributed by atoms with Crippen LogP contribution in [0.3, 0.4) is 0 Å². The molecule has 0 aromatic heterocycles. The number of benzene rings is 1. The lowest BCUT2D eigenvalue weighted by molar-refractivity contribution is -0.154. The van der Waals surface area contributed by atoms with E-state index in [0.29, 0.717) is 0 Å². The molecule has 16 heavy (non-hydrogen) atoms. The number of aliphatic hydroxyl groups is 2. The van der Waals surface area contributed by atoms with E-state index < -0.39 is 46.6 Å². The van der Waals surface area contributed by atoms with Crippen molar-refractivity contribution >= 4 is 0 Å². The van der Waals surface area contributed by atoms with Crippen LogP contribution in [0.4, 0.5) is 0 Å². The highest BCUT2D eigenvalue weighted by Crippen LogP contribution is 2.51. The summed E-state index contributed by atoms with van der Waals surface area (Å²) in [5.74, 6) is -8.11. The van der Waals surface area contributed by atoms with Crippen molar-refractivity contribution in [2.75, 3.05) is 0 Å². The maximum atomic E-state index is 9.29. The maximum absolute atomic E-state index is 9.29. The van der Waals surface area contributed by atoms with Crippen LogP contribution >= 0.6 is 0 Å². The molecular weight excluding hydrogens is 222 g/mol. The van der Waals surface area contributed by atoms with Gasteiger partial charge in [0.25, 0.3) is 0 Å². The quantitative estimate of drug-likeness (QED) is 0.171. The fourth-order valence-corrected chi connectivity index (χ4v) is 1.16. The van der Waals surface area contributed by atoms with Crippen molar-refractivity contribution in [1.29, 1.82) is 0 Å². The standard InChI is InChI=1S/C8H11NO7/c9-8(15,16)1-2-3(10)5(12)7(14)6(13)4(2)11/h10-16H,1,9H2. The number of phenolic OH excluding ortho intramolecular Hbond substituents is 5.